The quantitative estimate of drug-likeness (QED) is 0.225. The van der Waals surface area contributed by atoms with Crippen molar-refractivity contribution in [2.24, 2.45) is 7.05 Å². The summed E-state index contributed by atoms with van der Waals surface area (Å²) in [5.41, 5.74) is 4.46. The second-order valence-corrected chi connectivity index (χ2v) is 12.1. The van der Waals surface area contributed by atoms with Crippen molar-refractivity contribution < 1.29 is 21.8 Å². The Labute approximate surface area is 286 Å². The fraction of sp³-hybridized carbons (Fsp3) is 0.333. The molecule has 2 aliphatic heterocycles. The maximum Gasteiger partial charge on any atom is 0.258 e. The lowest BCUT2D eigenvalue weighted by Gasteiger charge is -2.30. The molecule has 5 aromatic rings. The number of methoxy groups -OCH3 is 1. The SMILES string of the molecule is [2H]C([2H])(C(=O)N1CC=C(c2ccc(-c3ncn(C)n3)cc2)CC1)N1CC[C@@](OC)(C(=O)Nc2ccc3[nH]nc(-c4ccc(OCC)nc4)c3c2)C1. The second-order valence-electron chi connectivity index (χ2n) is 12.1. The van der Waals surface area contributed by atoms with E-state index in [0.29, 0.717) is 42.7 Å². The zero-order valence-electron chi connectivity index (χ0n) is 29.6. The Morgan fingerprint density at radius 1 is 1.06 bits per heavy atom. The van der Waals surface area contributed by atoms with Gasteiger partial charge < -0.3 is 19.7 Å². The van der Waals surface area contributed by atoms with Gasteiger partial charge in [-0.25, -0.2) is 9.97 Å². The van der Waals surface area contributed by atoms with Crippen LogP contribution in [0.5, 0.6) is 5.88 Å². The highest BCUT2D eigenvalue weighted by molar-refractivity contribution is 6.01. The maximum atomic E-state index is 13.8. The number of benzene rings is 2. The van der Waals surface area contributed by atoms with Crippen LogP contribution in [0, 0.1) is 0 Å². The third kappa shape index (κ3) is 6.67. The van der Waals surface area contributed by atoms with E-state index in [1.54, 1.807) is 29.3 Å². The standard InChI is InChI=1S/C36H39N9O4/c1-4-49-31-12-9-27(20-37-31)33-29-19-28(10-11-30(29)40-41-33)39-35(47)36(48-3)15-18-44(22-36)21-32(46)45-16-13-25(14-17-45)24-5-7-26(8-6-24)34-38-23-43(2)42-34/h5-13,19-20,23H,4,14-18,21-22H2,1-3H3,(H,39,47)(H,40,41)/t36-/m0/s1/i21D2. The van der Waals surface area contributed by atoms with Crippen molar-refractivity contribution in [1.29, 1.82) is 0 Å². The summed E-state index contributed by atoms with van der Waals surface area (Å²) in [5, 5.41) is 15.6. The van der Waals surface area contributed by atoms with Crippen LogP contribution in [0.3, 0.4) is 0 Å². The Hall–Kier alpha value is -5.40. The predicted octanol–water partition coefficient (Wildman–Crippen LogP) is 4.16. The number of likely N-dealkylation sites (tertiary alicyclic amines) is 1. The van der Waals surface area contributed by atoms with Gasteiger partial charge in [0.1, 0.15) is 12.0 Å². The van der Waals surface area contributed by atoms with E-state index in [1.807, 2.05) is 62.5 Å². The van der Waals surface area contributed by atoms with Crippen molar-refractivity contribution in [2.75, 3.05) is 51.7 Å². The number of carbonyl (C=O) groups excluding carboxylic acids is 2. The number of amides is 2. The number of carbonyl (C=O) groups is 2. The number of aromatic nitrogens is 6. The first kappa shape index (κ1) is 29.7. The van der Waals surface area contributed by atoms with E-state index in [0.717, 1.165) is 33.2 Å². The molecule has 2 aliphatic rings. The smallest absolute Gasteiger partial charge is 0.258 e. The average molecular weight is 664 g/mol. The number of nitrogens with zero attached hydrogens (tertiary/aromatic N) is 7. The van der Waals surface area contributed by atoms with Gasteiger partial charge in [-0.3, -0.25) is 24.3 Å². The lowest BCUT2D eigenvalue weighted by Crippen LogP contribution is -2.48. The van der Waals surface area contributed by atoms with Gasteiger partial charge in [-0.15, -0.1) is 0 Å². The Kier molecular flexibility index (Phi) is 8.25. The molecule has 13 nitrogen and oxygen atoms in total. The zero-order chi connectivity index (χ0) is 35.8. The normalized spacial score (nSPS) is 19.0. The van der Waals surface area contributed by atoms with Crippen molar-refractivity contribution in [3.63, 3.8) is 0 Å². The molecule has 252 valence electrons. The average Bonchev–Trinajstić information content (AvgIpc) is 3.91. The third-order valence-corrected chi connectivity index (χ3v) is 9.02. The highest BCUT2D eigenvalue weighted by Gasteiger charge is 2.45. The van der Waals surface area contributed by atoms with Crippen molar-refractivity contribution in [3.05, 3.63) is 78.8 Å². The molecular formula is C36H39N9O4. The molecule has 2 amide bonds. The summed E-state index contributed by atoms with van der Waals surface area (Å²) in [6.07, 6.45) is 6.12. The van der Waals surface area contributed by atoms with Gasteiger partial charge in [-0.1, -0.05) is 30.3 Å². The van der Waals surface area contributed by atoms with Crippen LogP contribution in [0.2, 0.25) is 0 Å². The van der Waals surface area contributed by atoms with E-state index in [-0.39, 0.29) is 26.1 Å². The fourth-order valence-electron chi connectivity index (χ4n) is 6.26. The van der Waals surface area contributed by atoms with Crippen LogP contribution in [-0.4, -0.2) is 104 Å². The van der Waals surface area contributed by atoms with E-state index in [9.17, 15) is 9.59 Å². The Morgan fingerprint density at radius 2 is 1.88 bits per heavy atom. The Morgan fingerprint density at radius 3 is 2.57 bits per heavy atom. The van der Waals surface area contributed by atoms with Crippen LogP contribution in [0.1, 0.15) is 28.1 Å². The molecule has 2 aromatic carbocycles. The number of H-pyrrole nitrogens is 1. The Bertz CT molecular complexity index is 2100. The lowest BCUT2D eigenvalue weighted by molar-refractivity contribution is -0.138. The van der Waals surface area contributed by atoms with Crippen LogP contribution in [-0.2, 0) is 21.4 Å². The molecule has 13 heteroatoms. The molecule has 0 aliphatic carbocycles. The first-order chi connectivity index (χ1) is 24.6. The van der Waals surface area contributed by atoms with Gasteiger partial charge in [-0.2, -0.15) is 10.2 Å². The molecule has 3 aromatic heterocycles. The van der Waals surface area contributed by atoms with E-state index in [2.05, 4.69) is 30.6 Å². The summed E-state index contributed by atoms with van der Waals surface area (Å²) in [6, 6.07) is 17.1. The number of fused-ring (bicyclic) bond motifs is 1. The van der Waals surface area contributed by atoms with Gasteiger partial charge in [0.15, 0.2) is 11.4 Å². The molecule has 1 fully saturated rings. The van der Waals surface area contributed by atoms with Crippen molar-refractivity contribution >= 4 is 34.0 Å². The molecule has 0 saturated carbocycles. The molecule has 1 saturated heterocycles. The number of aryl methyl sites for hydroxylation is 1. The second kappa shape index (κ2) is 13.6. The van der Waals surface area contributed by atoms with E-state index >= 15 is 0 Å². The molecule has 2 N–H and O–H groups in total. The minimum atomic E-state index is -2.33. The van der Waals surface area contributed by atoms with Gasteiger partial charge in [-0.05, 0) is 55.2 Å². The molecule has 49 heavy (non-hydrogen) atoms. The van der Waals surface area contributed by atoms with E-state index < -0.39 is 23.9 Å². The van der Waals surface area contributed by atoms with Crippen molar-refractivity contribution in [3.8, 4) is 28.5 Å². The van der Waals surface area contributed by atoms with Crippen LogP contribution in [0.25, 0.3) is 39.1 Å². The van der Waals surface area contributed by atoms with Crippen LogP contribution in [0.15, 0.2) is 73.2 Å². The van der Waals surface area contributed by atoms with Gasteiger partial charge in [0, 0.05) is 74.8 Å². The number of nitrogens with one attached hydrogen (secondary N) is 2. The molecule has 0 unspecified atom stereocenters. The van der Waals surface area contributed by atoms with Gasteiger partial charge >= 0.3 is 0 Å². The molecule has 0 bridgehead atoms. The highest BCUT2D eigenvalue weighted by atomic mass is 16.5. The third-order valence-electron chi connectivity index (χ3n) is 9.02. The maximum absolute atomic E-state index is 13.8. The number of ether oxygens (including phenoxy) is 2. The number of anilines is 1. The number of rotatable bonds is 10. The summed E-state index contributed by atoms with van der Waals surface area (Å²) in [6.45, 7) is 0.822. The molecule has 7 rings (SSSR count). The van der Waals surface area contributed by atoms with Gasteiger partial charge in [0.05, 0.1) is 21.4 Å². The molecule has 1 atom stereocenters. The van der Waals surface area contributed by atoms with Crippen LogP contribution >= 0.6 is 0 Å². The highest BCUT2D eigenvalue weighted by Crippen LogP contribution is 2.31. The number of aromatic amines is 1. The monoisotopic (exact) mass is 663 g/mol. The number of hydrogen-bond acceptors (Lipinski definition) is 9. The lowest BCUT2D eigenvalue weighted by atomic mass is 9.98. The first-order valence-electron chi connectivity index (χ1n) is 17.2. The summed E-state index contributed by atoms with van der Waals surface area (Å²) in [4.78, 5) is 39.0. The Balaban J connectivity index is 1.00. The largest absolute Gasteiger partial charge is 0.478 e. The van der Waals surface area contributed by atoms with E-state index in [4.69, 9.17) is 12.2 Å². The fourth-order valence-corrected chi connectivity index (χ4v) is 6.26. The minimum absolute atomic E-state index is 0.0858. The van der Waals surface area contributed by atoms with Crippen LogP contribution < -0.4 is 10.1 Å². The predicted molar refractivity (Wildman–Crippen MR) is 186 cm³/mol. The number of pyridine rings is 1. The summed E-state index contributed by atoms with van der Waals surface area (Å²) in [5.74, 6) is 0.123. The van der Waals surface area contributed by atoms with Crippen LogP contribution in [0.4, 0.5) is 5.69 Å². The van der Waals surface area contributed by atoms with Crippen molar-refractivity contribution in [2.45, 2.75) is 25.4 Å². The molecular weight excluding hydrogens is 622 g/mol. The van der Waals surface area contributed by atoms with E-state index in [1.165, 1.54) is 16.9 Å². The summed E-state index contributed by atoms with van der Waals surface area (Å²) in [7, 11) is 3.26. The first-order valence-corrected chi connectivity index (χ1v) is 16.2. The minimum Gasteiger partial charge on any atom is -0.478 e. The molecule has 0 radical (unpaired) electrons. The van der Waals surface area contributed by atoms with Crippen molar-refractivity contribution in [1.82, 2.24) is 39.7 Å². The topological polar surface area (TPSA) is 143 Å². The van der Waals surface area contributed by atoms with Gasteiger partial charge in [0.25, 0.3) is 5.91 Å². The number of hydrogen-bond donors (Lipinski definition) is 2. The summed E-state index contributed by atoms with van der Waals surface area (Å²) >= 11 is 0. The summed E-state index contributed by atoms with van der Waals surface area (Å²) < 4.78 is 30.6. The molecule has 0 spiro atoms. The zero-order valence-corrected chi connectivity index (χ0v) is 27.6. The molecule has 5 heterocycles. The van der Waals surface area contributed by atoms with Gasteiger partial charge in [0.2, 0.25) is 11.8 Å².